The molecule has 0 unspecified atom stereocenters. The van der Waals surface area contributed by atoms with E-state index in [0.29, 0.717) is 18.7 Å². The lowest BCUT2D eigenvalue weighted by molar-refractivity contribution is -0.150. The van der Waals surface area contributed by atoms with E-state index in [1.807, 2.05) is 0 Å². The van der Waals surface area contributed by atoms with E-state index in [2.05, 4.69) is 5.32 Å². The number of esters is 1. The highest BCUT2D eigenvalue weighted by molar-refractivity contribution is 5.89. The molecule has 1 saturated heterocycles. The normalized spacial score (nSPS) is 19.9. The van der Waals surface area contributed by atoms with Crippen LogP contribution in [0.1, 0.15) is 18.9 Å². The van der Waals surface area contributed by atoms with E-state index < -0.39 is 12.0 Å². The maximum Gasteiger partial charge on any atom is 0.328 e. The van der Waals surface area contributed by atoms with Crippen molar-refractivity contribution in [2.24, 2.45) is 0 Å². The van der Waals surface area contributed by atoms with Crippen LogP contribution in [0.25, 0.3) is 0 Å². The van der Waals surface area contributed by atoms with Crippen molar-refractivity contribution in [1.29, 1.82) is 0 Å². The number of carbonyl (C=O) groups is 3. The highest BCUT2D eigenvalue weighted by atomic mass is 16.5. The molecule has 2 atom stereocenters. The summed E-state index contributed by atoms with van der Waals surface area (Å²) in [5.41, 5.74) is 1.48. The van der Waals surface area contributed by atoms with E-state index in [1.54, 1.807) is 31.4 Å². The quantitative estimate of drug-likeness (QED) is 0.811. The number of anilines is 1. The van der Waals surface area contributed by atoms with Gasteiger partial charge in [0.1, 0.15) is 6.04 Å². The second-order valence-electron chi connectivity index (χ2n) is 5.73. The van der Waals surface area contributed by atoms with Crippen molar-refractivity contribution >= 4 is 23.5 Å². The zero-order valence-corrected chi connectivity index (χ0v) is 14.1. The van der Waals surface area contributed by atoms with Crippen LogP contribution in [0.15, 0.2) is 24.3 Å². The van der Waals surface area contributed by atoms with Gasteiger partial charge in [-0.15, -0.1) is 0 Å². The van der Waals surface area contributed by atoms with Gasteiger partial charge in [0.2, 0.25) is 11.8 Å². The molecule has 0 aliphatic carbocycles. The lowest BCUT2D eigenvalue weighted by Gasteiger charge is -2.22. The Morgan fingerprint density at radius 1 is 1.21 bits per heavy atom. The van der Waals surface area contributed by atoms with Crippen LogP contribution < -0.4 is 5.32 Å². The standard InChI is InChI=1S/C17H22N2O5/c1-11(20)18-13-6-4-12(5-7-13)8-16(21)19-10-14(23-2)9-15(19)17(22)24-3/h4-7,14-15H,8-10H2,1-3H3,(H,18,20)/t14-,15-/m1/s1. The molecular formula is C17H22N2O5. The van der Waals surface area contributed by atoms with Gasteiger partial charge in [-0.3, -0.25) is 9.59 Å². The number of methoxy groups -OCH3 is 2. The number of likely N-dealkylation sites (tertiary alicyclic amines) is 1. The van der Waals surface area contributed by atoms with Crippen LogP contribution in [0.5, 0.6) is 0 Å². The van der Waals surface area contributed by atoms with Gasteiger partial charge in [0.05, 0.1) is 19.6 Å². The van der Waals surface area contributed by atoms with Crippen molar-refractivity contribution in [3.63, 3.8) is 0 Å². The fourth-order valence-electron chi connectivity index (χ4n) is 2.79. The fraction of sp³-hybridized carbons (Fsp3) is 0.471. The van der Waals surface area contributed by atoms with Crippen molar-refractivity contribution in [2.75, 3.05) is 26.1 Å². The largest absolute Gasteiger partial charge is 0.467 e. The van der Waals surface area contributed by atoms with Crippen LogP contribution in [0.3, 0.4) is 0 Å². The third-order valence-corrected chi connectivity index (χ3v) is 4.02. The lowest BCUT2D eigenvalue weighted by atomic mass is 10.1. The van der Waals surface area contributed by atoms with Gasteiger partial charge >= 0.3 is 5.97 Å². The first kappa shape index (κ1) is 17.9. The van der Waals surface area contributed by atoms with Crippen LogP contribution in [0.2, 0.25) is 0 Å². The highest BCUT2D eigenvalue weighted by Crippen LogP contribution is 2.22. The Labute approximate surface area is 140 Å². The molecular weight excluding hydrogens is 312 g/mol. The summed E-state index contributed by atoms with van der Waals surface area (Å²) in [5, 5.41) is 2.67. The molecule has 2 amide bonds. The van der Waals surface area contributed by atoms with Crippen LogP contribution in [0, 0.1) is 0 Å². The number of benzene rings is 1. The molecule has 7 heteroatoms. The predicted octanol–water partition coefficient (Wildman–Crippen LogP) is 0.976. The maximum atomic E-state index is 12.6. The molecule has 1 fully saturated rings. The van der Waals surface area contributed by atoms with Gasteiger partial charge in [-0.25, -0.2) is 4.79 Å². The maximum absolute atomic E-state index is 12.6. The van der Waals surface area contributed by atoms with Gasteiger partial charge in [-0.05, 0) is 17.7 Å². The van der Waals surface area contributed by atoms with E-state index in [-0.39, 0.29) is 24.3 Å². The Kier molecular flexibility index (Phi) is 5.92. The molecule has 7 nitrogen and oxygen atoms in total. The Morgan fingerprint density at radius 2 is 1.88 bits per heavy atom. The summed E-state index contributed by atoms with van der Waals surface area (Å²) in [7, 11) is 2.87. The second-order valence-corrected chi connectivity index (χ2v) is 5.73. The minimum Gasteiger partial charge on any atom is -0.467 e. The zero-order valence-electron chi connectivity index (χ0n) is 14.1. The topological polar surface area (TPSA) is 84.9 Å². The predicted molar refractivity (Wildman–Crippen MR) is 87.4 cm³/mol. The van der Waals surface area contributed by atoms with Crippen LogP contribution in [0.4, 0.5) is 5.69 Å². The average molecular weight is 334 g/mol. The first-order valence-electron chi connectivity index (χ1n) is 7.71. The van der Waals surface area contributed by atoms with Crippen LogP contribution in [-0.4, -0.2) is 55.6 Å². The summed E-state index contributed by atoms with van der Waals surface area (Å²) >= 11 is 0. The van der Waals surface area contributed by atoms with Crippen molar-refractivity contribution in [3.8, 4) is 0 Å². The summed E-state index contributed by atoms with van der Waals surface area (Å²) in [5.74, 6) is -0.733. The van der Waals surface area contributed by atoms with Crippen molar-refractivity contribution in [1.82, 2.24) is 4.90 Å². The van der Waals surface area contributed by atoms with Gasteiger partial charge in [-0.1, -0.05) is 12.1 Å². The summed E-state index contributed by atoms with van der Waals surface area (Å²) in [4.78, 5) is 37.0. The van der Waals surface area contributed by atoms with E-state index >= 15 is 0 Å². The third-order valence-electron chi connectivity index (χ3n) is 4.02. The Morgan fingerprint density at radius 3 is 2.42 bits per heavy atom. The molecule has 1 aromatic rings. The number of nitrogens with one attached hydrogen (secondary N) is 1. The first-order valence-corrected chi connectivity index (χ1v) is 7.71. The number of nitrogens with zero attached hydrogens (tertiary/aromatic N) is 1. The molecule has 0 spiro atoms. The minimum atomic E-state index is -0.605. The lowest BCUT2D eigenvalue weighted by Crippen LogP contribution is -2.42. The summed E-state index contributed by atoms with van der Waals surface area (Å²) in [6.07, 6.45) is 0.445. The van der Waals surface area contributed by atoms with E-state index in [9.17, 15) is 14.4 Å². The highest BCUT2D eigenvalue weighted by Gasteiger charge is 2.40. The monoisotopic (exact) mass is 334 g/mol. The first-order chi connectivity index (χ1) is 11.4. The Bertz CT molecular complexity index is 614. The van der Waals surface area contributed by atoms with Crippen molar-refractivity contribution < 1.29 is 23.9 Å². The van der Waals surface area contributed by atoms with Gasteiger partial charge in [0.15, 0.2) is 0 Å². The van der Waals surface area contributed by atoms with Crippen LogP contribution >= 0.6 is 0 Å². The van der Waals surface area contributed by atoms with Gasteiger partial charge < -0.3 is 19.7 Å². The summed E-state index contributed by atoms with van der Waals surface area (Å²) in [6, 6.07) is 6.43. The van der Waals surface area contributed by atoms with E-state index in [4.69, 9.17) is 9.47 Å². The van der Waals surface area contributed by atoms with Gasteiger partial charge in [0.25, 0.3) is 0 Å². The van der Waals surface area contributed by atoms with Crippen LogP contribution in [-0.2, 0) is 30.3 Å². The van der Waals surface area contributed by atoms with E-state index in [0.717, 1.165) is 5.56 Å². The zero-order chi connectivity index (χ0) is 17.7. The number of rotatable bonds is 5. The molecule has 1 N–H and O–H groups in total. The molecule has 130 valence electrons. The molecule has 1 aromatic carbocycles. The van der Waals surface area contributed by atoms with Gasteiger partial charge in [-0.2, -0.15) is 0 Å². The summed E-state index contributed by atoms with van der Waals surface area (Å²) < 4.78 is 10.1. The number of carbonyl (C=O) groups excluding carboxylic acids is 3. The fourth-order valence-corrected chi connectivity index (χ4v) is 2.79. The van der Waals surface area contributed by atoms with Crippen molar-refractivity contribution in [3.05, 3.63) is 29.8 Å². The average Bonchev–Trinajstić information content (AvgIpc) is 3.00. The third kappa shape index (κ3) is 4.32. The Hall–Kier alpha value is -2.41. The smallest absolute Gasteiger partial charge is 0.328 e. The number of amides is 2. The number of hydrogen-bond donors (Lipinski definition) is 1. The molecule has 0 radical (unpaired) electrons. The SMILES string of the molecule is COC(=O)[C@H]1C[C@@H](OC)CN1C(=O)Cc1ccc(NC(C)=O)cc1. The van der Waals surface area contributed by atoms with Crippen molar-refractivity contribution in [2.45, 2.75) is 31.9 Å². The molecule has 0 aromatic heterocycles. The molecule has 1 aliphatic rings. The number of hydrogen-bond acceptors (Lipinski definition) is 5. The number of ether oxygens (including phenoxy) is 2. The molecule has 2 rings (SSSR count). The molecule has 0 bridgehead atoms. The molecule has 1 heterocycles. The summed E-state index contributed by atoms with van der Waals surface area (Å²) in [6.45, 7) is 1.81. The Balaban J connectivity index is 2.04. The van der Waals surface area contributed by atoms with Gasteiger partial charge in [0, 0.05) is 32.7 Å². The molecule has 0 saturated carbocycles. The minimum absolute atomic E-state index is 0.151. The molecule has 24 heavy (non-hydrogen) atoms. The van der Waals surface area contributed by atoms with E-state index in [1.165, 1.54) is 18.9 Å². The second kappa shape index (κ2) is 7.92. The molecule has 1 aliphatic heterocycles.